The van der Waals surface area contributed by atoms with Crippen LogP contribution in [0.15, 0.2) is 42.5 Å². The van der Waals surface area contributed by atoms with Crippen molar-refractivity contribution in [3.05, 3.63) is 59.2 Å². The van der Waals surface area contributed by atoms with Gasteiger partial charge in [0.2, 0.25) is 0 Å². The van der Waals surface area contributed by atoms with Crippen LogP contribution in [0.5, 0.6) is 0 Å². The Hall–Kier alpha value is -1.96. The van der Waals surface area contributed by atoms with E-state index in [-0.39, 0.29) is 0 Å². The molecule has 0 fully saturated rings. The molecule has 0 spiro atoms. The number of nitrogens with one attached hydrogen (secondary N) is 1. The highest BCUT2D eigenvalue weighted by Crippen LogP contribution is 2.26. The van der Waals surface area contributed by atoms with Gasteiger partial charge in [0.15, 0.2) is 0 Å². The summed E-state index contributed by atoms with van der Waals surface area (Å²) >= 11 is 0. The molecule has 0 amide bonds. The number of nitrogens with zero attached hydrogens (tertiary/aromatic N) is 1. The molecule has 0 aliphatic rings. The van der Waals surface area contributed by atoms with E-state index in [1.54, 1.807) is 0 Å². The summed E-state index contributed by atoms with van der Waals surface area (Å²) in [7, 11) is 4.13. The minimum atomic E-state index is 0.306. The molecule has 0 heterocycles. The van der Waals surface area contributed by atoms with E-state index in [4.69, 9.17) is 0 Å². The van der Waals surface area contributed by atoms with Crippen molar-refractivity contribution in [2.24, 2.45) is 0 Å². The van der Waals surface area contributed by atoms with Crippen LogP contribution in [-0.4, -0.2) is 14.1 Å². The van der Waals surface area contributed by atoms with Crippen molar-refractivity contribution in [3.8, 4) is 0 Å². The van der Waals surface area contributed by atoms with Crippen LogP contribution < -0.4 is 10.2 Å². The average Bonchev–Trinajstić information content (AvgIpc) is 2.41. The third-order valence-electron chi connectivity index (χ3n) is 3.75. The van der Waals surface area contributed by atoms with Gasteiger partial charge in [-0.1, -0.05) is 24.3 Å². The van der Waals surface area contributed by atoms with Gasteiger partial charge in [-0.25, -0.2) is 0 Å². The van der Waals surface area contributed by atoms with Crippen LogP contribution in [0, 0.1) is 13.8 Å². The minimum Gasteiger partial charge on any atom is -0.378 e. The maximum atomic E-state index is 3.61. The lowest BCUT2D eigenvalue weighted by atomic mass is 10.0. The van der Waals surface area contributed by atoms with Gasteiger partial charge in [0.25, 0.3) is 0 Å². The van der Waals surface area contributed by atoms with Crippen molar-refractivity contribution in [1.29, 1.82) is 0 Å². The lowest BCUT2D eigenvalue weighted by molar-refractivity contribution is 0.872. The fourth-order valence-corrected chi connectivity index (χ4v) is 2.47. The van der Waals surface area contributed by atoms with Crippen molar-refractivity contribution in [2.75, 3.05) is 24.3 Å². The zero-order valence-corrected chi connectivity index (χ0v) is 13.1. The van der Waals surface area contributed by atoms with E-state index in [9.17, 15) is 0 Å². The first-order chi connectivity index (χ1) is 9.49. The highest BCUT2D eigenvalue weighted by atomic mass is 15.1. The second kappa shape index (κ2) is 6.00. The molecule has 2 aromatic carbocycles. The van der Waals surface area contributed by atoms with Crippen LogP contribution in [-0.2, 0) is 0 Å². The number of hydrogen-bond donors (Lipinski definition) is 1. The Bertz CT molecular complexity index is 588. The molecule has 1 atom stereocenters. The van der Waals surface area contributed by atoms with E-state index in [1.807, 2.05) is 0 Å². The first kappa shape index (κ1) is 14.4. The van der Waals surface area contributed by atoms with E-state index < -0.39 is 0 Å². The Labute approximate surface area is 122 Å². The zero-order chi connectivity index (χ0) is 14.7. The summed E-state index contributed by atoms with van der Waals surface area (Å²) in [6, 6.07) is 15.4. The van der Waals surface area contributed by atoms with E-state index >= 15 is 0 Å². The summed E-state index contributed by atoms with van der Waals surface area (Å²) in [4.78, 5) is 2.13. The lowest BCUT2D eigenvalue weighted by Crippen LogP contribution is -2.11. The zero-order valence-electron chi connectivity index (χ0n) is 13.1. The quantitative estimate of drug-likeness (QED) is 0.875. The third-order valence-corrected chi connectivity index (χ3v) is 3.75. The molecule has 2 aromatic rings. The molecule has 2 heteroatoms. The molecule has 0 aliphatic carbocycles. The van der Waals surface area contributed by atoms with E-state index in [1.165, 1.54) is 28.1 Å². The van der Waals surface area contributed by atoms with Gasteiger partial charge in [-0.3, -0.25) is 0 Å². The predicted molar refractivity (Wildman–Crippen MR) is 88.7 cm³/mol. The van der Waals surface area contributed by atoms with Crippen molar-refractivity contribution in [1.82, 2.24) is 0 Å². The predicted octanol–water partition coefficient (Wildman–Crippen LogP) is 4.54. The van der Waals surface area contributed by atoms with Crippen molar-refractivity contribution in [2.45, 2.75) is 26.8 Å². The van der Waals surface area contributed by atoms with Crippen LogP contribution in [0.25, 0.3) is 0 Å². The van der Waals surface area contributed by atoms with E-state index in [0.717, 1.165) is 0 Å². The number of benzene rings is 2. The van der Waals surface area contributed by atoms with Crippen molar-refractivity contribution >= 4 is 11.4 Å². The molecule has 0 saturated carbocycles. The summed E-state index contributed by atoms with van der Waals surface area (Å²) in [5, 5.41) is 3.61. The van der Waals surface area contributed by atoms with Crippen molar-refractivity contribution in [3.63, 3.8) is 0 Å². The maximum absolute atomic E-state index is 3.61. The van der Waals surface area contributed by atoms with Gasteiger partial charge < -0.3 is 10.2 Å². The molecule has 1 unspecified atom stereocenters. The fourth-order valence-electron chi connectivity index (χ4n) is 2.47. The first-order valence-corrected chi connectivity index (χ1v) is 7.09. The summed E-state index contributed by atoms with van der Waals surface area (Å²) in [6.45, 7) is 6.52. The second-order valence-corrected chi connectivity index (χ2v) is 5.62. The molecule has 2 nitrogen and oxygen atoms in total. The highest BCUT2D eigenvalue weighted by Gasteiger charge is 2.09. The highest BCUT2D eigenvalue weighted by molar-refractivity contribution is 5.60. The third kappa shape index (κ3) is 3.13. The minimum absolute atomic E-state index is 0.306. The molecular weight excluding hydrogens is 244 g/mol. The first-order valence-electron chi connectivity index (χ1n) is 7.09. The largest absolute Gasteiger partial charge is 0.378 e. The molecule has 0 radical (unpaired) electrons. The van der Waals surface area contributed by atoms with Gasteiger partial charge in [0, 0.05) is 31.5 Å². The average molecular weight is 268 g/mol. The van der Waals surface area contributed by atoms with Gasteiger partial charge in [-0.15, -0.1) is 0 Å². The van der Waals surface area contributed by atoms with E-state index in [0.29, 0.717) is 6.04 Å². The molecule has 106 valence electrons. The SMILES string of the molecule is Cc1cc(N(C)C)ccc1NC(C)c1ccccc1C. The molecule has 1 N–H and O–H groups in total. The van der Waals surface area contributed by atoms with Crippen LogP contribution in [0.1, 0.15) is 29.7 Å². The molecule has 0 saturated heterocycles. The summed E-state index contributed by atoms with van der Waals surface area (Å²) < 4.78 is 0. The summed E-state index contributed by atoms with van der Waals surface area (Å²) in [5.74, 6) is 0. The number of anilines is 2. The van der Waals surface area contributed by atoms with Gasteiger partial charge in [0.05, 0.1) is 0 Å². The van der Waals surface area contributed by atoms with E-state index in [2.05, 4.69) is 87.5 Å². The topological polar surface area (TPSA) is 15.3 Å². The normalized spacial score (nSPS) is 12.1. The lowest BCUT2D eigenvalue weighted by Gasteiger charge is -2.21. The molecule has 2 rings (SSSR count). The Morgan fingerprint density at radius 1 is 0.950 bits per heavy atom. The number of aryl methyl sites for hydroxylation is 2. The van der Waals surface area contributed by atoms with Gasteiger partial charge in [-0.05, 0) is 55.7 Å². The van der Waals surface area contributed by atoms with Gasteiger partial charge >= 0.3 is 0 Å². The Kier molecular flexibility index (Phi) is 4.33. The second-order valence-electron chi connectivity index (χ2n) is 5.62. The van der Waals surface area contributed by atoms with Crippen LogP contribution >= 0.6 is 0 Å². The monoisotopic (exact) mass is 268 g/mol. The molecule has 0 aromatic heterocycles. The Morgan fingerprint density at radius 2 is 1.65 bits per heavy atom. The summed E-state index contributed by atoms with van der Waals surface area (Å²) in [5.41, 5.74) is 6.39. The standard InChI is InChI=1S/C18H24N2/c1-13-8-6-7-9-17(13)15(3)19-18-11-10-16(20(4)5)12-14(18)2/h6-12,15,19H,1-5H3. The summed E-state index contributed by atoms with van der Waals surface area (Å²) in [6.07, 6.45) is 0. The molecule has 0 bridgehead atoms. The van der Waals surface area contributed by atoms with Crippen molar-refractivity contribution < 1.29 is 0 Å². The number of rotatable bonds is 4. The van der Waals surface area contributed by atoms with Gasteiger partial charge in [-0.2, -0.15) is 0 Å². The number of hydrogen-bond acceptors (Lipinski definition) is 2. The van der Waals surface area contributed by atoms with Crippen LogP contribution in [0.4, 0.5) is 11.4 Å². The molecule has 20 heavy (non-hydrogen) atoms. The van der Waals surface area contributed by atoms with Crippen LogP contribution in [0.2, 0.25) is 0 Å². The molecular formula is C18H24N2. The maximum Gasteiger partial charge on any atom is 0.0488 e. The van der Waals surface area contributed by atoms with Gasteiger partial charge in [0.1, 0.15) is 0 Å². The van der Waals surface area contributed by atoms with Crippen LogP contribution in [0.3, 0.4) is 0 Å². The smallest absolute Gasteiger partial charge is 0.0488 e. The Balaban J connectivity index is 2.20. The molecule has 0 aliphatic heterocycles. The Morgan fingerprint density at radius 3 is 2.25 bits per heavy atom. The fraction of sp³-hybridized carbons (Fsp3) is 0.333.